The first-order chi connectivity index (χ1) is 8.81. The molecule has 1 aliphatic rings. The highest BCUT2D eigenvalue weighted by atomic mass is 32.2. The molecule has 106 valence electrons. The molecule has 0 amide bonds. The molecule has 1 heterocycles. The summed E-state index contributed by atoms with van der Waals surface area (Å²) in [6.07, 6.45) is 1.03. The van der Waals surface area contributed by atoms with E-state index in [2.05, 4.69) is 0 Å². The predicted molar refractivity (Wildman–Crippen MR) is 71.1 cm³/mol. The Hall–Kier alpha value is -0.920. The van der Waals surface area contributed by atoms with Crippen molar-refractivity contribution in [3.8, 4) is 0 Å². The maximum absolute atomic E-state index is 11.9. The molecule has 0 radical (unpaired) electrons. The van der Waals surface area contributed by atoms with Crippen molar-refractivity contribution in [3.05, 3.63) is 29.8 Å². The van der Waals surface area contributed by atoms with Crippen LogP contribution in [0, 0.1) is 6.92 Å². The second-order valence-corrected chi connectivity index (χ2v) is 8.70. The van der Waals surface area contributed by atoms with Crippen LogP contribution in [0.5, 0.6) is 0 Å². The summed E-state index contributed by atoms with van der Waals surface area (Å²) in [5, 5.41) is -0.701. The van der Waals surface area contributed by atoms with Crippen LogP contribution in [0.15, 0.2) is 29.2 Å². The zero-order valence-electron chi connectivity index (χ0n) is 10.6. The number of sulfone groups is 1. The van der Waals surface area contributed by atoms with E-state index in [4.69, 9.17) is 4.18 Å². The summed E-state index contributed by atoms with van der Waals surface area (Å²) in [6, 6.07) is 6.24. The highest BCUT2D eigenvalue weighted by molar-refractivity contribution is 7.92. The van der Waals surface area contributed by atoms with Crippen molar-refractivity contribution in [2.75, 3.05) is 12.4 Å². The summed E-state index contributed by atoms with van der Waals surface area (Å²) < 4.78 is 51.8. The minimum Gasteiger partial charge on any atom is -0.265 e. The van der Waals surface area contributed by atoms with Gasteiger partial charge in [-0.05, 0) is 31.9 Å². The largest absolute Gasteiger partial charge is 0.297 e. The normalized spacial score (nSPS) is 22.5. The van der Waals surface area contributed by atoms with Crippen LogP contribution in [-0.4, -0.2) is 34.4 Å². The molecule has 0 saturated carbocycles. The topological polar surface area (TPSA) is 77.5 Å². The number of benzene rings is 1. The molecule has 0 bridgehead atoms. The van der Waals surface area contributed by atoms with Gasteiger partial charge in [-0.25, -0.2) is 8.42 Å². The molecule has 0 aromatic heterocycles. The van der Waals surface area contributed by atoms with Crippen LogP contribution in [0.2, 0.25) is 0 Å². The number of rotatable bonds is 4. The molecule has 19 heavy (non-hydrogen) atoms. The molecule has 0 spiro atoms. The van der Waals surface area contributed by atoms with Crippen molar-refractivity contribution >= 4 is 20.0 Å². The Morgan fingerprint density at radius 1 is 1.26 bits per heavy atom. The highest BCUT2D eigenvalue weighted by Gasteiger charge is 2.33. The van der Waals surface area contributed by atoms with E-state index in [9.17, 15) is 16.8 Å². The zero-order valence-corrected chi connectivity index (χ0v) is 12.2. The maximum atomic E-state index is 11.9. The number of hydrogen-bond donors (Lipinski definition) is 0. The molecular weight excluding hydrogens is 288 g/mol. The fourth-order valence-electron chi connectivity index (χ4n) is 1.98. The van der Waals surface area contributed by atoms with Crippen LogP contribution in [0.3, 0.4) is 0 Å². The summed E-state index contributed by atoms with van der Waals surface area (Å²) in [4.78, 5) is 0.0495. The zero-order chi connectivity index (χ0) is 14.1. The first-order valence-electron chi connectivity index (χ1n) is 5.99. The van der Waals surface area contributed by atoms with E-state index in [0.29, 0.717) is 12.8 Å². The van der Waals surface area contributed by atoms with Gasteiger partial charge in [0.25, 0.3) is 10.1 Å². The average Bonchev–Trinajstić information content (AvgIpc) is 2.66. The van der Waals surface area contributed by atoms with Gasteiger partial charge in [0.05, 0.1) is 22.5 Å². The van der Waals surface area contributed by atoms with Crippen molar-refractivity contribution in [1.29, 1.82) is 0 Å². The second-order valence-electron chi connectivity index (χ2n) is 4.68. The first-order valence-corrected chi connectivity index (χ1v) is 9.11. The lowest BCUT2D eigenvalue weighted by molar-refractivity contribution is 0.312. The van der Waals surface area contributed by atoms with Gasteiger partial charge >= 0.3 is 0 Å². The SMILES string of the molecule is Cc1ccc(S(=O)(=O)OCC2CCCS2(=O)=O)cc1. The Bertz CT molecular complexity index is 644. The lowest BCUT2D eigenvalue weighted by Gasteiger charge is -2.10. The lowest BCUT2D eigenvalue weighted by atomic mass is 10.2. The van der Waals surface area contributed by atoms with E-state index >= 15 is 0 Å². The molecule has 0 aliphatic carbocycles. The molecule has 1 unspecified atom stereocenters. The Kier molecular flexibility index (Phi) is 3.98. The van der Waals surface area contributed by atoms with Gasteiger partial charge in [-0.1, -0.05) is 17.7 Å². The van der Waals surface area contributed by atoms with Gasteiger partial charge in [0.1, 0.15) is 0 Å². The number of hydrogen-bond acceptors (Lipinski definition) is 5. The second kappa shape index (κ2) is 5.22. The molecule has 7 heteroatoms. The summed E-state index contributed by atoms with van der Waals surface area (Å²) in [5.41, 5.74) is 0.942. The standard InChI is InChI=1S/C12H16O5S2/c1-10-4-6-11(7-5-10)19(15,16)17-9-12-3-2-8-18(12,13)14/h4-7,12H,2-3,8-9H2,1H3. The molecule has 1 atom stereocenters. The summed E-state index contributed by atoms with van der Waals surface area (Å²) in [6.45, 7) is 1.56. The van der Waals surface area contributed by atoms with Crippen molar-refractivity contribution in [2.24, 2.45) is 0 Å². The van der Waals surface area contributed by atoms with E-state index in [-0.39, 0.29) is 17.3 Å². The van der Waals surface area contributed by atoms with Gasteiger partial charge in [-0.3, -0.25) is 4.18 Å². The van der Waals surface area contributed by atoms with E-state index in [1.807, 2.05) is 6.92 Å². The predicted octanol–water partition coefficient (Wildman–Crippen LogP) is 1.28. The molecule has 0 N–H and O–H groups in total. The third-order valence-corrected chi connectivity index (χ3v) is 6.72. The fraction of sp³-hybridized carbons (Fsp3) is 0.500. The van der Waals surface area contributed by atoms with Gasteiger partial charge < -0.3 is 0 Å². The van der Waals surface area contributed by atoms with Gasteiger partial charge in [0.2, 0.25) is 0 Å². The van der Waals surface area contributed by atoms with E-state index in [0.717, 1.165) is 5.56 Å². The van der Waals surface area contributed by atoms with E-state index < -0.39 is 25.2 Å². The monoisotopic (exact) mass is 304 g/mol. The molecule has 1 saturated heterocycles. The number of aryl methyl sites for hydroxylation is 1. The molecule has 2 rings (SSSR count). The van der Waals surface area contributed by atoms with E-state index in [1.165, 1.54) is 12.1 Å². The molecule has 1 aromatic carbocycles. The van der Waals surface area contributed by atoms with Crippen molar-refractivity contribution in [1.82, 2.24) is 0 Å². The third-order valence-electron chi connectivity index (χ3n) is 3.18. The summed E-state index contributed by atoms with van der Waals surface area (Å²) >= 11 is 0. The molecule has 1 aromatic rings. The van der Waals surface area contributed by atoms with Gasteiger partial charge in [-0.2, -0.15) is 8.42 Å². The van der Waals surface area contributed by atoms with Crippen LogP contribution in [0.1, 0.15) is 18.4 Å². The van der Waals surface area contributed by atoms with Crippen LogP contribution in [0.4, 0.5) is 0 Å². The highest BCUT2D eigenvalue weighted by Crippen LogP contribution is 2.22. The lowest BCUT2D eigenvalue weighted by Crippen LogP contribution is -2.24. The smallest absolute Gasteiger partial charge is 0.265 e. The average molecular weight is 304 g/mol. The van der Waals surface area contributed by atoms with Crippen LogP contribution in [-0.2, 0) is 24.1 Å². The molecule has 1 aliphatic heterocycles. The molecule has 1 fully saturated rings. The Morgan fingerprint density at radius 3 is 2.42 bits per heavy atom. The Morgan fingerprint density at radius 2 is 1.89 bits per heavy atom. The third kappa shape index (κ3) is 3.34. The van der Waals surface area contributed by atoms with Crippen molar-refractivity contribution in [3.63, 3.8) is 0 Å². The molecule has 5 nitrogen and oxygen atoms in total. The van der Waals surface area contributed by atoms with E-state index in [1.54, 1.807) is 12.1 Å². The van der Waals surface area contributed by atoms with Gasteiger partial charge in [0.15, 0.2) is 9.84 Å². The first kappa shape index (κ1) is 14.5. The van der Waals surface area contributed by atoms with Crippen molar-refractivity contribution in [2.45, 2.75) is 29.9 Å². The van der Waals surface area contributed by atoms with Crippen LogP contribution >= 0.6 is 0 Å². The maximum Gasteiger partial charge on any atom is 0.297 e. The summed E-state index contributed by atoms with van der Waals surface area (Å²) in [5.74, 6) is 0.117. The minimum absolute atomic E-state index is 0.0495. The van der Waals surface area contributed by atoms with Gasteiger partial charge in [-0.15, -0.1) is 0 Å². The van der Waals surface area contributed by atoms with Crippen LogP contribution in [0.25, 0.3) is 0 Å². The Balaban J connectivity index is 2.08. The quantitative estimate of drug-likeness (QED) is 0.783. The fourth-order valence-corrected chi connectivity index (χ4v) is 4.72. The molecular formula is C12H16O5S2. The Labute approximate surface area is 113 Å². The van der Waals surface area contributed by atoms with Crippen molar-refractivity contribution < 1.29 is 21.0 Å². The van der Waals surface area contributed by atoms with Crippen LogP contribution < -0.4 is 0 Å². The van der Waals surface area contributed by atoms with Gasteiger partial charge in [0, 0.05) is 0 Å². The minimum atomic E-state index is -3.88. The summed E-state index contributed by atoms with van der Waals surface area (Å²) in [7, 11) is -7.07.